The third kappa shape index (κ3) is 3.01. The van der Waals surface area contributed by atoms with Gasteiger partial charge in [-0.05, 0) is 18.2 Å². The van der Waals surface area contributed by atoms with Gasteiger partial charge in [-0.3, -0.25) is 15.1 Å². The summed E-state index contributed by atoms with van der Waals surface area (Å²) in [7, 11) is 0. The van der Waals surface area contributed by atoms with Crippen LogP contribution in [0.3, 0.4) is 0 Å². The van der Waals surface area contributed by atoms with E-state index in [4.69, 9.17) is 4.74 Å². The fourth-order valence-electron chi connectivity index (χ4n) is 1.33. The second-order valence-electron chi connectivity index (χ2n) is 3.36. The van der Waals surface area contributed by atoms with Crippen molar-refractivity contribution in [1.29, 1.82) is 0 Å². The summed E-state index contributed by atoms with van der Waals surface area (Å²) in [6, 6.07) is 11.6. The number of non-ortho nitro benzene ring substituents is 1. The number of pyridine rings is 1. The van der Waals surface area contributed by atoms with E-state index in [0.717, 1.165) is 5.69 Å². The number of nitrogens with zero attached hydrogens (tertiary/aromatic N) is 2. The number of aromatic nitrogens is 1. The molecule has 5 nitrogen and oxygen atoms in total. The summed E-state index contributed by atoms with van der Waals surface area (Å²) in [5.41, 5.74) is 0.794. The van der Waals surface area contributed by atoms with Crippen LogP contribution in [0.5, 0.6) is 5.75 Å². The zero-order chi connectivity index (χ0) is 12.1. The Labute approximate surface area is 97.8 Å². The molecule has 0 N–H and O–H groups in total. The summed E-state index contributed by atoms with van der Waals surface area (Å²) in [4.78, 5) is 14.2. The molecule has 0 amide bonds. The van der Waals surface area contributed by atoms with E-state index in [1.54, 1.807) is 18.3 Å². The molecule has 0 radical (unpaired) electrons. The first kappa shape index (κ1) is 11.1. The average Bonchev–Trinajstić information content (AvgIpc) is 2.38. The maximum atomic E-state index is 10.6. The van der Waals surface area contributed by atoms with Crippen molar-refractivity contribution in [3.8, 4) is 5.75 Å². The first-order valence-corrected chi connectivity index (χ1v) is 5.03. The van der Waals surface area contributed by atoms with E-state index < -0.39 is 4.92 Å². The predicted molar refractivity (Wildman–Crippen MR) is 61.7 cm³/mol. The highest BCUT2D eigenvalue weighted by atomic mass is 16.6. The van der Waals surface area contributed by atoms with Gasteiger partial charge in [0.1, 0.15) is 12.4 Å². The highest BCUT2D eigenvalue weighted by Crippen LogP contribution is 2.19. The highest BCUT2D eigenvalue weighted by Gasteiger charge is 2.06. The molecule has 0 bridgehead atoms. The quantitative estimate of drug-likeness (QED) is 0.598. The van der Waals surface area contributed by atoms with Crippen LogP contribution in [-0.4, -0.2) is 9.91 Å². The molecule has 2 rings (SSSR count). The van der Waals surface area contributed by atoms with Gasteiger partial charge in [-0.15, -0.1) is 0 Å². The van der Waals surface area contributed by atoms with Crippen LogP contribution in [0.4, 0.5) is 5.69 Å². The maximum absolute atomic E-state index is 10.6. The van der Waals surface area contributed by atoms with Crippen molar-refractivity contribution < 1.29 is 9.66 Å². The van der Waals surface area contributed by atoms with Gasteiger partial charge in [0.05, 0.1) is 16.7 Å². The number of nitro groups is 1. The van der Waals surface area contributed by atoms with Crippen LogP contribution in [0.25, 0.3) is 0 Å². The number of ether oxygens (including phenoxy) is 1. The van der Waals surface area contributed by atoms with Crippen molar-refractivity contribution in [3.63, 3.8) is 0 Å². The molecule has 5 heteroatoms. The van der Waals surface area contributed by atoms with Gasteiger partial charge in [-0.25, -0.2) is 0 Å². The molecule has 0 saturated heterocycles. The molecule has 1 heterocycles. The number of rotatable bonds is 4. The third-order valence-electron chi connectivity index (χ3n) is 2.14. The summed E-state index contributed by atoms with van der Waals surface area (Å²) in [6.45, 7) is 0.294. The number of hydrogen-bond donors (Lipinski definition) is 0. The Balaban J connectivity index is 2.04. The molecule has 1 aromatic heterocycles. The molecule has 2 aromatic rings. The highest BCUT2D eigenvalue weighted by molar-refractivity contribution is 5.37. The molecule has 1 aromatic carbocycles. The Morgan fingerprint density at radius 1 is 1.24 bits per heavy atom. The Bertz CT molecular complexity index is 514. The summed E-state index contributed by atoms with van der Waals surface area (Å²) in [6.07, 6.45) is 1.67. The number of nitro benzene ring substituents is 1. The lowest BCUT2D eigenvalue weighted by Gasteiger charge is -2.04. The fourth-order valence-corrected chi connectivity index (χ4v) is 1.33. The van der Waals surface area contributed by atoms with E-state index in [1.807, 2.05) is 18.2 Å². The zero-order valence-electron chi connectivity index (χ0n) is 8.95. The standard InChI is InChI=1S/C12H10N2O3/c15-14(16)11-5-3-6-12(8-11)17-9-10-4-1-2-7-13-10/h1-8H,9H2. The Kier molecular flexibility index (Phi) is 3.30. The zero-order valence-corrected chi connectivity index (χ0v) is 8.95. The van der Waals surface area contributed by atoms with Crippen molar-refractivity contribution in [2.45, 2.75) is 6.61 Å². The minimum absolute atomic E-state index is 0.0171. The van der Waals surface area contributed by atoms with Crippen molar-refractivity contribution in [2.24, 2.45) is 0 Å². The van der Waals surface area contributed by atoms with Gasteiger partial charge >= 0.3 is 0 Å². The van der Waals surface area contributed by atoms with Gasteiger partial charge in [-0.1, -0.05) is 12.1 Å². The first-order valence-electron chi connectivity index (χ1n) is 5.03. The molecule has 86 valence electrons. The molecule has 17 heavy (non-hydrogen) atoms. The van der Waals surface area contributed by atoms with E-state index in [1.165, 1.54) is 12.1 Å². The molecule has 0 saturated carbocycles. The Morgan fingerprint density at radius 2 is 2.12 bits per heavy atom. The van der Waals surface area contributed by atoms with Gasteiger partial charge in [0.15, 0.2) is 0 Å². The lowest BCUT2D eigenvalue weighted by Crippen LogP contribution is -1.98. The topological polar surface area (TPSA) is 65.3 Å². The van der Waals surface area contributed by atoms with Crippen LogP contribution in [0, 0.1) is 10.1 Å². The van der Waals surface area contributed by atoms with E-state index in [-0.39, 0.29) is 5.69 Å². The van der Waals surface area contributed by atoms with Crippen LogP contribution in [-0.2, 0) is 6.61 Å². The van der Waals surface area contributed by atoms with Gasteiger partial charge < -0.3 is 4.74 Å². The Hall–Kier alpha value is -2.43. The molecule has 0 atom stereocenters. The SMILES string of the molecule is O=[N+]([O-])c1cccc(OCc2ccccn2)c1. The molecule has 0 spiro atoms. The third-order valence-corrected chi connectivity index (χ3v) is 2.14. The van der Waals surface area contributed by atoms with Crippen molar-refractivity contribution in [2.75, 3.05) is 0 Å². The second kappa shape index (κ2) is 5.07. The van der Waals surface area contributed by atoms with Crippen LogP contribution in [0.1, 0.15) is 5.69 Å². The van der Waals surface area contributed by atoms with Crippen LogP contribution in [0.2, 0.25) is 0 Å². The molecule has 0 aliphatic carbocycles. The molecular weight excluding hydrogens is 220 g/mol. The van der Waals surface area contributed by atoms with E-state index in [2.05, 4.69) is 4.98 Å². The van der Waals surface area contributed by atoms with E-state index in [9.17, 15) is 10.1 Å². The van der Waals surface area contributed by atoms with Gasteiger partial charge in [0, 0.05) is 12.3 Å². The smallest absolute Gasteiger partial charge is 0.273 e. The summed E-state index contributed by atoms with van der Waals surface area (Å²) in [5, 5.41) is 10.6. The maximum Gasteiger partial charge on any atom is 0.273 e. The van der Waals surface area contributed by atoms with Gasteiger partial charge in [-0.2, -0.15) is 0 Å². The normalized spacial score (nSPS) is 9.88. The molecule has 0 fully saturated rings. The van der Waals surface area contributed by atoms with Crippen molar-refractivity contribution in [3.05, 3.63) is 64.5 Å². The van der Waals surface area contributed by atoms with Gasteiger partial charge in [0.25, 0.3) is 5.69 Å². The summed E-state index contributed by atoms with van der Waals surface area (Å²) >= 11 is 0. The molecule has 0 aliphatic heterocycles. The number of benzene rings is 1. The minimum atomic E-state index is -0.451. The van der Waals surface area contributed by atoms with Crippen molar-refractivity contribution in [1.82, 2.24) is 4.98 Å². The van der Waals surface area contributed by atoms with Gasteiger partial charge in [0.2, 0.25) is 0 Å². The van der Waals surface area contributed by atoms with Crippen LogP contribution >= 0.6 is 0 Å². The lowest BCUT2D eigenvalue weighted by molar-refractivity contribution is -0.384. The first-order chi connectivity index (χ1) is 8.25. The van der Waals surface area contributed by atoms with Crippen molar-refractivity contribution >= 4 is 5.69 Å². The average molecular weight is 230 g/mol. The Morgan fingerprint density at radius 3 is 2.82 bits per heavy atom. The predicted octanol–water partition coefficient (Wildman–Crippen LogP) is 2.57. The largest absolute Gasteiger partial charge is 0.487 e. The summed E-state index contributed by atoms with van der Waals surface area (Å²) < 4.78 is 5.42. The summed E-state index contributed by atoms with van der Waals surface area (Å²) in [5.74, 6) is 0.463. The number of hydrogen-bond acceptors (Lipinski definition) is 4. The fraction of sp³-hybridized carbons (Fsp3) is 0.0833. The molecule has 0 unspecified atom stereocenters. The second-order valence-corrected chi connectivity index (χ2v) is 3.36. The molecular formula is C12H10N2O3. The van der Waals surface area contributed by atoms with E-state index in [0.29, 0.717) is 12.4 Å². The van der Waals surface area contributed by atoms with Crippen LogP contribution < -0.4 is 4.74 Å². The lowest BCUT2D eigenvalue weighted by atomic mass is 10.3. The molecule has 0 aliphatic rings. The minimum Gasteiger partial charge on any atom is -0.487 e. The van der Waals surface area contributed by atoms with Crippen LogP contribution in [0.15, 0.2) is 48.7 Å². The monoisotopic (exact) mass is 230 g/mol. The van der Waals surface area contributed by atoms with E-state index >= 15 is 0 Å².